The molecule has 0 aliphatic heterocycles. The van der Waals surface area contributed by atoms with Crippen molar-refractivity contribution >= 4 is 11.6 Å². The second-order valence-electron chi connectivity index (χ2n) is 4.74. The lowest BCUT2D eigenvalue weighted by Gasteiger charge is -2.08. The lowest BCUT2D eigenvalue weighted by Crippen LogP contribution is -2.12. The molecule has 1 amide bonds. The Labute approximate surface area is 112 Å². The zero-order valence-corrected chi connectivity index (χ0v) is 11.0. The van der Waals surface area contributed by atoms with Crippen LogP contribution in [0.3, 0.4) is 0 Å². The van der Waals surface area contributed by atoms with Crippen molar-refractivity contribution in [3.05, 3.63) is 65.5 Å². The van der Waals surface area contributed by atoms with Crippen LogP contribution in [0.25, 0.3) is 0 Å². The van der Waals surface area contributed by atoms with Gasteiger partial charge in [0.1, 0.15) is 5.82 Å². The minimum Gasteiger partial charge on any atom is -0.322 e. The molecule has 3 heteroatoms. The van der Waals surface area contributed by atoms with Crippen molar-refractivity contribution in [1.29, 1.82) is 0 Å². The van der Waals surface area contributed by atoms with E-state index in [-0.39, 0.29) is 5.91 Å². The number of carbonyl (C=O) groups excluding carboxylic acids is 1. The largest absolute Gasteiger partial charge is 0.322 e. The molecule has 0 aliphatic rings. The van der Waals surface area contributed by atoms with E-state index in [1.165, 1.54) is 23.8 Å². The Morgan fingerprint density at radius 2 is 1.79 bits per heavy atom. The minimum atomic E-state index is -0.414. The van der Waals surface area contributed by atoms with Crippen LogP contribution in [-0.2, 0) is 0 Å². The topological polar surface area (TPSA) is 29.1 Å². The molecule has 2 nitrogen and oxygen atoms in total. The molecule has 0 aliphatic carbocycles. The minimum absolute atomic E-state index is 0.309. The number of carbonyl (C=O) groups is 1. The summed E-state index contributed by atoms with van der Waals surface area (Å²) in [6.07, 6.45) is 0. The Balaban J connectivity index is 2.10. The lowest BCUT2D eigenvalue weighted by atomic mass is 10.0. The highest BCUT2D eigenvalue weighted by Gasteiger charge is 2.07. The van der Waals surface area contributed by atoms with E-state index >= 15 is 0 Å². The fourth-order valence-corrected chi connectivity index (χ4v) is 1.78. The maximum atomic E-state index is 13.0. The Kier molecular flexibility index (Phi) is 3.95. The fourth-order valence-electron chi connectivity index (χ4n) is 1.78. The number of halogens is 1. The number of hydrogen-bond acceptors (Lipinski definition) is 1. The van der Waals surface area contributed by atoms with Gasteiger partial charge in [-0.25, -0.2) is 4.39 Å². The van der Waals surface area contributed by atoms with Crippen LogP contribution in [0.4, 0.5) is 10.1 Å². The molecule has 98 valence electrons. The maximum Gasteiger partial charge on any atom is 0.255 e. The van der Waals surface area contributed by atoms with Crippen molar-refractivity contribution < 1.29 is 9.18 Å². The van der Waals surface area contributed by atoms with Gasteiger partial charge in [0.2, 0.25) is 0 Å². The molecule has 0 spiro atoms. The predicted molar refractivity (Wildman–Crippen MR) is 74.9 cm³/mol. The SMILES string of the molecule is CC(C)c1ccc(NC(=O)c2cccc(F)c2)cc1. The van der Waals surface area contributed by atoms with Gasteiger partial charge in [-0.2, -0.15) is 0 Å². The van der Waals surface area contributed by atoms with Crippen molar-refractivity contribution in [3.63, 3.8) is 0 Å². The Bertz CT molecular complexity index is 576. The quantitative estimate of drug-likeness (QED) is 0.877. The molecule has 0 bridgehead atoms. The van der Waals surface area contributed by atoms with Gasteiger partial charge < -0.3 is 5.32 Å². The third-order valence-electron chi connectivity index (χ3n) is 2.92. The molecule has 0 heterocycles. The van der Waals surface area contributed by atoms with Crippen LogP contribution in [0, 0.1) is 5.82 Å². The number of benzene rings is 2. The highest BCUT2D eigenvalue weighted by Crippen LogP contribution is 2.17. The van der Waals surface area contributed by atoms with E-state index in [0.717, 1.165) is 0 Å². The highest BCUT2D eigenvalue weighted by atomic mass is 19.1. The van der Waals surface area contributed by atoms with Crippen LogP contribution >= 0.6 is 0 Å². The fraction of sp³-hybridized carbons (Fsp3) is 0.188. The number of rotatable bonds is 3. The van der Waals surface area contributed by atoms with Crippen LogP contribution in [0.5, 0.6) is 0 Å². The van der Waals surface area contributed by atoms with Crippen LogP contribution in [0.15, 0.2) is 48.5 Å². The summed E-state index contributed by atoms with van der Waals surface area (Å²) in [5.41, 5.74) is 2.23. The molecular formula is C16H16FNO. The van der Waals surface area contributed by atoms with Gasteiger partial charge in [-0.3, -0.25) is 4.79 Å². The first-order valence-electron chi connectivity index (χ1n) is 6.23. The molecule has 2 aromatic rings. The number of nitrogens with one attached hydrogen (secondary N) is 1. The zero-order chi connectivity index (χ0) is 13.8. The number of amides is 1. The Hall–Kier alpha value is -2.16. The summed E-state index contributed by atoms with van der Waals surface area (Å²) in [4.78, 5) is 11.9. The molecule has 0 fully saturated rings. The van der Waals surface area contributed by atoms with Gasteiger partial charge in [0, 0.05) is 11.3 Å². The molecular weight excluding hydrogens is 241 g/mol. The normalized spacial score (nSPS) is 10.5. The second kappa shape index (κ2) is 5.65. The third kappa shape index (κ3) is 3.41. The van der Waals surface area contributed by atoms with Crippen LogP contribution in [0.1, 0.15) is 35.7 Å². The zero-order valence-electron chi connectivity index (χ0n) is 11.0. The molecule has 0 aromatic heterocycles. The van der Waals surface area contributed by atoms with Crippen LogP contribution < -0.4 is 5.32 Å². The molecule has 0 atom stereocenters. The van der Waals surface area contributed by atoms with Crippen LogP contribution in [-0.4, -0.2) is 5.91 Å². The lowest BCUT2D eigenvalue weighted by molar-refractivity contribution is 0.102. The molecule has 2 rings (SSSR count). The maximum absolute atomic E-state index is 13.0. The van der Waals surface area contributed by atoms with E-state index in [1.54, 1.807) is 6.07 Å². The summed E-state index contributed by atoms with van der Waals surface area (Å²) < 4.78 is 13.0. The summed E-state index contributed by atoms with van der Waals surface area (Å²) in [6, 6.07) is 13.3. The monoisotopic (exact) mass is 257 g/mol. The first-order chi connectivity index (χ1) is 9.06. The molecule has 0 unspecified atom stereocenters. The van der Waals surface area contributed by atoms with Gasteiger partial charge >= 0.3 is 0 Å². The van der Waals surface area contributed by atoms with E-state index in [1.807, 2.05) is 24.3 Å². The molecule has 0 saturated heterocycles. The van der Waals surface area contributed by atoms with Gasteiger partial charge in [-0.15, -0.1) is 0 Å². The molecule has 19 heavy (non-hydrogen) atoms. The predicted octanol–water partition coefficient (Wildman–Crippen LogP) is 4.20. The standard InChI is InChI=1S/C16H16FNO/c1-11(2)12-6-8-15(9-7-12)18-16(19)13-4-3-5-14(17)10-13/h3-11H,1-2H3,(H,18,19). The van der Waals surface area contributed by atoms with E-state index in [2.05, 4.69) is 19.2 Å². The van der Waals surface area contributed by atoms with E-state index < -0.39 is 5.82 Å². The molecule has 0 saturated carbocycles. The first kappa shape index (κ1) is 13.3. The summed E-state index contributed by atoms with van der Waals surface area (Å²) in [5.74, 6) is -0.271. The smallest absolute Gasteiger partial charge is 0.255 e. The van der Waals surface area contributed by atoms with Gasteiger partial charge in [0.15, 0.2) is 0 Å². The number of hydrogen-bond donors (Lipinski definition) is 1. The van der Waals surface area contributed by atoms with Gasteiger partial charge in [0.05, 0.1) is 0 Å². The molecule has 2 aromatic carbocycles. The first-order valence-corrected chi connectivity index (χ1v) is 6.23. The van der Waals surface area contributed by atoms with Gasteiger partial charge in [-0.05, 0) is 41.8 Å². The van der Waals surface area contributed by atoms with Crippen molar-refractivity contribution in [3.8, 4) is 0 Å². The number of anilines is 1. The Morgan fingerprint density at radius 3 is 2.37 bits per heavy atom. The van der Waals surface area contributed by atoms with Crippen molar-refractivity contribution in [2.75, 3.05) is 5.32 Å². The van der Waals surface area contributed by atoms with Crippen molar-refractivity contribution in [1.82, 2.24) is 0 Å². The van der Waals surface area contributed by atoms with Crippen molar-refractivity contribution in [2.45, 2.75) is 19.8 Å². The second-order valence-corrected chi connectivity index (χ2v) is 4.74. The van der Waals surface area contributed by atoms with E-state index in [0.29, 0.717) is 17.2 Å². The van der Waals surface area contributed by atoms with E-state index in [4.69, 9.17) is 0 Å². The molecule has 0 radical (unpaired) electrons. The highest BCUT2D eigenvalue weighted by molar-refractivity contribution is 6.04. The summed E-state index contributed by atoms with van der Waals surface area (Å²) in [6.45, 7) is 4.22. The third-order valence-corrected chi connectivity index (χ3v) is 2.92. The van der Waals surface area contributed by atoms with E-state index in [9.17, 15) is 9.18 Å². The summed E-state index contributed by atoms with van der Waals surface area (Å²) in [7, 11) is 0. The average Bonchev–Trinajstić information content (AvgIpc) is 2.39. The Morgan fingerprint density at radius 1 is 1.11 bits per heavy atom. The van der Waals surface area contributed by atoms with Gasteiger partial charge in [-0.1, -0.05) is 32.0 Å². The summed E-state index contributed by atoms with van der Waals surface area (Å²) >= 11 is 0. The molecule has 1 N–H and O–H groups in total. The van der Waals surface area contributed by atoms with Crippen molar-refractivity contribution in [2.24, 2.45) is 0 Å². The van der Waals surface area contributed by atoms with Crippen LogP contribution in [0.2, 0.25) is 0 Å². The summed E-state index contributed by atoms with van der Waals surface area (Å²) in [5, 5.41) is 2.75. The van der Waals surface area contributed by atoms with Gasteiger partial charge in [0.25, 0.3) is 5.91 Å². The average molecular weight is 257 g/mol.